The van der Waals surface area contributed by atoms with Crippen LogP contribution in [-0.2, 0) is 4.79 Å². The SMILES string of the molecule is CC/C=C\C/C=C\C/C=C\CCCCCC(=O)NC(CO)C(O)CCCCCCCCCCCCC. The standard InChI is InChI=1S/C32H59NO3/c1-3-5-7-9-11-13-15-16-18-20-22-24-26-28-32(36)33-30(29-34)31(35)27-25-23-21-19-17-14-12-10-8-6-4-2/h5,7,11,13,16,18,30-31,34-35H,3-4,6,8-10,12,14-15,17,19-29H2,1-2H3,(H,33,36)/b7-5-,13-11-,18-16-. The van der Waals surface area contributed by atoms with E-state index in [2.05, 4.69) is 55.6 Å². The molecule has 0 fully saturated rings. The molecule has 0 spiro atoms. The van der Waals surface area contributed by atoms with Gasteiger partial charge in [0.2, 0.25) is 5.91 Å². The van der Waals surface area contributed by atoms with Gasteiger partial charge in [-0.05, 0) is 44.9 Å². The fourth-order valence-electron chi connectivity index (χ4n) is 4.31. The summed E-state index contributed by atoms with van der Waals surface area (Å²) in [5.41, 5.74) is 0. The first-order valence-corrected chi connectivity index (χ1v) is 15.2. The van der Waals surface area contributed by atoms with Crippen molar-refractivity contribution in [3.05, 3.63) is 36.5 Å². The number of carbonyl (C=O) groups is 1. The summed E-state index contributed by atoms with van der Waals surface area (Å²) >= 11 is 0. The molecule has 4 nitrogen and oxygen atoms in total. The van der Waals surface area contributed by atoms with E-state index in [0.717, 1.165) is 57.8 Å². The van der Waals surface area contributed by atoms with Crippen molar-refractivity contribution in [3.8, 4) is 0 Å². The van der Waals surface area contributed by atoms with E-state index in [1.807, 2.05) is 0 Å². The van der Waals surface area contributed by atoms with Crippen LogP contribution in [0.25, 0.3) is 0 Å². The van der Waals surface area contributed by atoms with Gasteiger partial charge in [-0.3, -0.25) is 4.79 Å². The number of carbonyl (C=O) groups excluding carboxylic acids is 1. The summed E-state index contributed by atoms with van der Waals surface area (Å²) in [6.07, 6.45) is 34.7. The molecule has 2 unspecified atom stereocenters. The van der Waals surface area contributed by atoms with Crippen LogP contribution < -0.4 is 5.32 Å². The number of aliphatic hydroxyl groups excluding tert-OH is 2. The van der Waals surface area contributed by atoms with Gasteiger partial charge in [-0.2, -0.15) is 0 Å². The van der Waals surface area contributed by atoms with Gasteiger partial charge in [0.25, 0.3) is 0 Å². The van der Waals surface area contributed by atoms with Crippen LogP contribution in [-0.4, -0.2) is 34.9 Å². The van der Waals surface area contributed by atoms with Crippen molar-refractivity contribution < 1.29 is 15.0 Å². The number of hydrogen-bond acceptors (Lipinski definition) is 3. The highest BCUT2D eigenvalue weighted by Gasteiger charge is 2.19. The lowest BCUT2D eigenvalue weighted by Gasteiger charge is -2.22. The Bertz CT molecular complexity index is 556. The van der Waals surface area contributed by atoms with Gasteiger partial charge in [-0.1, -0.05) is 127 Å². The largest absolute Gasteiger partial charge is 0.394 e. The molecule has 2 atom stereocenters. The summed E-state index contributed by atoms with van der Waals surface area (Å²) in [4.78, 5) is 12.2. The van der Waals surface area contributed by atoms with E-state index in [1.54, 1.807) is 0 Å². The summed E-state index contributed by atoms with van der Waals surface area (Å²) in [5, 5.41) is 22.8. The maximum Gasteiger partial charge on any atom is 0.220 e. The zero-order chi connectivity index (χ0) is 26.5. The first-order chi connectivity index (χ1) is 17.7. The van der Waals surface area contributed by atoms with Crippen molar-refractivity contribution in [1.29, 1.82) is 0 Å². The first-order valence-electron chi connectivity index (χ1n) is 15.2. The minimum atomic E-state index is -0.667. The molecule has 0 aromatic heterocycles. The van der Waals surface area contributed by atoms with Gasteiger partial charge in [-0.15, -0.1) is 0 Å². The molecule has 0 bridgehead atoms. The quantitative estimate of drug-likeness (QED) is 0.0817. The van der Waals surface area contributed by atoms with Gasteiger partial charge in [0.1, 0.15) is 0 Å². The molecule has 4 heteroatoms. The molecule has 3 N–H and O–H groups in total. The van der Waals surface area contributed by atoms with E-state index in [-0.39, 0.29) is 12.5 Å². The van der Waals surface area contributed by atoms with Crippen molar-refractivity contribution >= 4 is 5.91 Å². The van der Waals surface area contributed by atoms with Crippen molar-refractivity contribution in [2.24, 2.45) is 0 Å². The fraction of sp³-hybridized carbons (Fsp3) is 0.781. The van der Waals surface area contributed by atoms with E-state index >= 15 is 0 Å². The van der Waals surface area contributed by atoms with E-state index in [9.17, 15) is 15.0 Å². The highest BCUT2D eigenvalue weighted by Crippen LogP contribution is 2.13. The van der Waals surface area contributed by atoms with Crippen molar-refractivity contribution in [1.82, 2.24) is 5.32 Å². The third-order valence-corrected chi connectivity index (χ3v) is 6.67. The lowest BCUT2D eigenvalue weighted by molar-refractivity contribution is -0.123. The predicted octanol–water partition coefficient (Wildman–Crippen LogP) is 8.33. The topological polar surface area (TPSA) is 69.6 Å². The number of allylic oxidation sites excluding steroid dienone is 6. The van der Waals surface area contributed by atoms with Crippen LogP contribution in [0.1, 0.15) is 142 Å². The second kappa shape index (κ2) is 28.2. The summed E-state index contributed by atoms with van der Waals surface area (Å²) in [5.74, 6) is -0.0650. The van der Waals surface area contributed by atoms with Crippen LogP contribution in [0, 0.1) is 0 Å². The zero-order valence-corrected chi connectivity index (χ0v) is 23.8. The maximum atomic E-state index is 12.2. The zero-order valence-electron chi connectivity index (χ0n) is 23.8. The molecule has 0 aromatic rings. The van der Waals surface area contributed by atoms with E-state index in [0.29, 0.717) is 12.8 Å². The minimum absolute atomic E-state index is 0.0650. The van der Waals surface area contributed by atoms with Crippen LogP contribution in [0.2, 0.25) is 0 Å². The molecular weight excluding hydrogens is 446 g/mol. The van der Waals surface area contributed by atoms with Crippen LogP contribution in [0.15, 0.2) is 36.5 Å². The number of rotatable bonds is 26. The Morgan fingerprint density at radius 2 is 1.22 bits per heavy atom. The number of amides is 1. The second-order valence-corrected chi connectivity index (χ2v) is 10.1. The summed E-state index contributed by atoms with van der Waals surface area (Å²) < 4.78 is 0. The maximum absolute atomic E-state index is 12.2. The average Bonchev–Trinajstić information content (AvgIpc) is 2.88. The summed E-state index contributed by atoms with van der Waals surface area (Å²) in [6, 6.07) is -0.547. The highest BCUT2D eigenvalue weighted by molar-refractivity contribution is 5.76. The van der Waals surface area contributed by atoms with Crippen LogP contribution >= 0.6 is 0 Å². The Kier molecular flexibility index (Phi) is 27.1. The Labute approximate surface area is 223 Å². The van der Waals surface area contributed by atoms with Crippen molar-refractivity contribution in [2.45, 2.75) is 154 Å². The molecule has 1 amide bonds. The second-order valence-electron chi connectivity index (χ2n) is 10.1. The summed E-state index contributed by atoms with van der Waals surface area (Å²) in [6.45, 7) is 4.19. The predicted molar refractivity (Wildman–Crippen MR) is 156 cm³/mol. The van der Waals surface area contributed by atoms with Gasteiger partial charge in [0, 0.05) is 6.42 Å². The monoisotopic (exact) mass is 505 g/mol. The van der Waals surface area contributed by atoms with Gasteiger partial charge >= 0.3 is 0 Å². The molecule has 0 rings (SSSR count). The lowest BCUT2D eigenvalue weighted by atomic mass is 10.0. The number of unbranched alkanes of at least 4 members (excludes halogenated alkanes) is 13. The minimum Gasteiger partial charge on any atom is -0.394 e. The van der Waals surface area contributed by atoms with E-state index in [1.165, 1.54) is 57.8 Å². The smallest absolute Gasteiger partial charge is 0.220 e. The third kappa shape index (κ3) is 24.3. The van der Waals surface area contributed by atoms with Gasteiger partial charge in [-0.25, -0.2) is 0 Å². The van der Waals surface area contributed by atoms with Gasteiger partial charge in [0.05, 0.1) is 18.8 Å². The number of aliphatic hydroxyl groups is 2. The molecule has 0 saturated heterocycles. The molecule has 0 heterocycles. The molecule has 36 heavy (non-hydrogen) atoms. The van der Waals surface area contributed by atoms with Crippen molar-refractivity contribution in [3.63, 3.8) is 0 Å². The van der Waals surface area contributed by atoms with E-state index < -0.39 is 12.1 Å². The van der Waals surface area contributed by atoms with Gasteiger partial charge < -0.3 is 15.5 Å². The Morgan fingerprint density at radius 3 is 1.81 bits per heavy atom. The number of hydrogen-bond donors (Lipinski definition) is 3. The Balaban J connectivity index is 3.70. The molecule has 0 radical (unpaired) electrons. The van der Waals surface area contributed by atoms with E-state index in [4.69, 9.17) is 0 Å². The highest BCUT2D eigenvalue weighted by atomic mass is 16.3. The molecule has 0 aromatic carbocycles. The van der Waals surface area contributed by atoms with Crippen LogP contribution in [0.5, 0.6) is 0 Å². The fourth-order valence-corrected chi connectivity index (χ4v) is 4.31. The number of nitrogens with one attached hydrogen (secondary N) is 1. The van der Waals surface area contributed by atoms with Crippen LogP contribution in [0.3, 0.4) is 0 Å². The normalized spacial score (nSPS) is 13.8. The molecule has 0 saturated carbocycles. The van der Waals surface area contributed by atoms with Crippen LogP contribution in [0.4, 0.5) is 0 Å². The average molecular weight is 506 g/mol. The summed E-state index contributed by atoms with van der Waals surface area (Å²) in [7, 11) is 0. The molecular formula is C32H59NO3. The Hall–Kier alpha value is -1.39. The molecule has 0 aliphatic carbocycles. The van der Waals surface area contributed by atoms with Crippen molar-refractivity contribution in [2.75, 3.05) is 6.61 Å². The Morgan fingerprint density at radius 1 is 0.694 bits per heavy atom. The third-order valence-electron chi connectivity index (χ3n) is 6.67. The molecule has 0 aliphatic rings. The molecule has 0 aliphatic heterocycles. The molecule has 210 valence electrons. The van der Waals surface area contributed by atoms with Gasteiger partial charge in [0.15, 0.2) is 0 Å². The lowest BCUT2D eigenvalue weighted by Crippen LogP contribution is -2.45. The first kappa shape index (κ1) is 34.6.